The molecule has 0 radical (unpaired) electrons. The Morgan fingerprint density at radius 2 is 1.74 bits per heavy atom. The molecule has 0 saturated carbocycles. The van der Waals surface area contributed by atoms with Crippen molar-refractivity contribution in [3.8, 4) is 0 Å². The number of nitrogens with two attached hydrogens (primary N) is 1. The maximum Gasteiger partial charge on any atom is 0.0213 e. The molecule has 0 amide bonds. The number of aryl methyl sites for hydroxylation is 1. The van der Waals surface area contributed by atoms with Crippen LogP contribution in [0.4, 0.5) is 0 Å². The van der Waals surface area contributed by atoms with Crippen molar-refractivity contribution in [2.75, 3.05) is 13.1 Å². The largest absolute Gasteiger partial charge is 0.329 e. The molecule has 0 aliphatic carbocycles. The SMILES string of the molecule is CCc1ccc(C(C)(C)CNC(CN)C(C)C)cc1. The first-order chi connectivity index (χ1) is 8.90. The van der Waals surface area contributed by atoms with Crippen LogP contribution in [0.15, 0.2) is 24.3 Å². The quantitative estimate of drug-likeness (QED) is 0.792. The van der Waals surface area contributed by atoms with Crippen molar-refractivity contribution in [2.45, 2.75) is 52.5 Å². The predicted molar refractivity (Wildman–Crippen MR) is 84.5 cm³/mol. The third-order valence-electron chi connectivity index (χ3n) is 4.01. The Morgan fingerprint density at radius 1 is 1.16 bits per heavy atom. The van der Waals surface area contributed by atoms with Crippen LogP contribution in [0.1, 0.15) is 45.7 Å². The molecule has 0 saturated heterocycles. The monoisotopic (exact) mass is 262 g/mol. The van der Waals surface area contributed by atoms with Crippen molar-refractivity contribution in [3.63, 3.8) is 0 Å². The zero-order valence-corrected chi connectivity index (χ0v) is 13.2. The van der Waals surface area contributed by atoms with E-state index in [1.165, 1.54) is 11.1 Å². The molecule has 0 aliphatic rings. The highest BCUT2D eigenvalue weighted by Gasteiger charge is 2.22. The number of hydrogen-bond donors (Lipinski definition) is 2. The lowest BCUT2D eigenvalue weighted by molar-refractivity contribution is 0.360. The van der Waals surface area contributed by atoms with Gasteiger partial charge in [-0.15, -0.1) is 0 Å². The molecule has 0 heterocycles. The van der Waals surface area contributed by atoms with Gasteiger partial charge in [0.1, 0.15) is 0 Å². The molecule has 0 aromatic heterocycles. The van der Waals surface area contributed by atoms with Gasteiger partial charge in [0, 0.05) is 24.5 Å². The van der Waals surface area contributed by atoms with Gasteiger partial charge in [-0.25, -0.2) is 0 Å². The molecule has 3 N–H and O–H groups in total. The summed E-state index contributed by atoms with van der Waals surface area (Å²) >= 11 is 0. The summed E-state index contributed by atoms with van der Waals surface area (Å²) in [5.74, 6) is 0.572. The fourth-order valence-electron chi connectivity index (χ4n) is 2.27. The number of nitrogens with one attached hydrogen (secondary N) is 1. The van der Waals surface area contributed by atoms with Gasteiger partial charge in [-0.1, -0.05) is 58.9 Å². The Balaban J connectivity index is 2.68. The first-order valence-corrected chi connectivity index (χ1v) is 7.43. The second kappa shape index (κ2) is 7.06. The van der Waals surface area contributed by atoms with E-state index in [2.05, 4.69) is 64.2 Å². The van der Waals surface area contributed by atoms with E-state index < -0.39 is 0 Å². The maximum atomic E-state index is 5.82. The molecule has 0 fully saturated rings. The van der Waals surface area contributed by atoms with Gasteiger partial charge in [-0.2, -0.15) is 0 Å². The number of hydrogen-bond acceptors (Lipinski definition) is 2. The van der Waals surface area contributed by atoms with Crippen LogP contribution in [0.2, 0.25) is 0 Å². The van der Waals surface area contributed by atoms with Gasteiger partial charge in [0.05, 0.1) is 0 Å². The maximum absolute atomic E-state index is 5.82. The Hall–Kier alpha value is -0.860. The average molecular weight is 262 g/mol. The summed E-state index contributed by atoms with van der Waals surface area (Å²) in [6, 6.07) is 9.38. The first kappa shape index (κ1) is 16.2. The minimum absolute atomic E-state index is 0.134. The molecule has 19 heavy (non-hydrogen) atoms. The fourth-order valence-corrected chi connectivity index (χ4v) is 2.27. The highest BCUT2D eigenvalue weighted by atomic mass is 14.9. The third-order valence-corrected chi connectivity index (χ3v) is 4.01. The summed E-state index contributed by atoms with van der Waals surface area (Å²) in [5.41, 5.74) is 8.73. The molecule has 2 heteroatoms. The lowest BCUT2D eigenvalue weighted by Crippen LogP contribution is -2.45. The highest BCUT2D eigenvalue weighted by Crippen LogP contribution is 2.23. The van der Waals surface area contributed by atoms with Crippen molar-refractivity contribution in [1.29, 1.82) is 0 Å². The van der Waals surface area contributed by atoms with Crippen LogP contribution < -0.4 is 11.1 Å². The number of rotatable bonds is 7. The van der Waals surface area contributed by atoms with Crippen LogP contribution in [0, 0.1) is 5.92 Å². The molecule has 0 spiro atoms. The molecule has 2 nitrogen and oxygen atoms in total. The Morgan fingerprint density at radius 3 is 2.16 bits per heavy atom. The summed E-state index contributed by atoms with van der Waals surface area (Å²) in [6.45, 7) is 12.8. The van der Waals surface area contributed by atoms with E-state index in [1.54, 1.807) is 0 Å². The molecular formula is C17H30N2. The molecule has 1 rings (SSSR count). The van der Waals surface area contributed by atoms with Crippen LogP contribution in [-0.2, 0) is 11.8 Å². The molecule has 0 aliphatic heterocycles. The summed E-state index contributed by atoms with van der Waals surface area (Å²) in [4.78, 5) is 0. The average Bonchev–Trinajstić information content (AvgIpc) is 2.39. The minimum Gasteiger partial charge on any atom is -0.329 e. The molecule has 0 bridgehead atoms. The van der Waals surface area contributed by atoms with E-state index >= 15 is 0 Å². The van der Waals surface area contributed by atoms with Gasteiger partial charge >= 0.3 is 0 Å². The zero-order valence-electron chi connectivity index (χ0n) is 13.2. The lowest BCUT2D eigenvalue weighted by atomic mass is 9.83. The van der Waals surface area contributed by atoms with Gasteiger partial charge in [-0.05, 0) is 23.5 Å². The summed E-state index contributed by atoms with van der Waals surface area (Å²) in [7, 11) is 0. The molecular weight excluding hydrogens is 232 g/mol. The normalized spacial score (nSPS) is 13.8. The van der Waals surface area contributed by atoms with Crippen molar-refractivity contribution >= 4 is 0 Å². The van der Waals surface area contributed by atoms with Gasteiger partial charge in [0.25, 0.3) is 0 Å². The number of benzene rings is 1. The summed E-state index contributed by atoms with van der Waals surface area (Å²) in [6.07, 6.45) is 1.10. The van der Waals surface area contributed by atoms with E-state index in [1.807, 2.05) is 0 Å². The van der Waals surface area contributed by atoms with Gasteiger partial charge in [0.15, 0.2) is 0 Å². The molecule has 1 atom stereocenters. The Labute approximate surface area is 118 Å². The smallest absolute Gasteiger partial charge is 0.0213 e. The standard InChI is InChI=1S/C17H30N2/c1-6-14-7-9-15(10-8-14)17(4,5)12-19-16(11-18)13(2)3/h7-10,13,16,19H,6,11-12,18H2,1-5H3. The summed E-state index contributed by atoms with van der Waals surface area (Å²) in [5, 5.41) is 3.61. The van der Waals surface area contributed by atoms with Crippen molar-refractivity contribution in [2.24, 2.45) is 11.7 Å². The minimum atomic E-state index is 0.134. The van der Waals surface area contributed by atoms with Crippen LogP contribution in [0.25, 0.3) is 0 Å². The Bertz CT molecular complexity index is 365. The van der Waals surface area contributed by atoms with Crippen LogP contribution in [0.3, 0.4) is 0 Å². The molecule has 108 valence electrons. The van der Waals surface area contributed by atoms with Crippen LogP contribution in [0.5, 0.6) is 0 Å². The lowest BCUT2D eigenvalue weighted by Gasteiger charge is -2.30. The van der Waals surface area contributed by atoms with Crippen LogP contribution >= 0.6 is 0 Å². The first-order valence-electron chi connectivity index (χ1n) is 7.43. The van der Waals surface area contributed by atoms with E-state index in [0.29, 0.717) is 18.5 Å². The predicted octanol–water partition coefficient (Wildman–Crippen LogP) is 3.10. The third kappa shape index (κ3) is 4.63. The van der Waals surface area contributed by atoms with Gasteiger partial charge in [-0.3, -0.25) is 0 Å². The fraction of sp³-hybridized carbons (Fsp3) is 0.647. The second-order valence-corrected chi connectivity index (χ2v) is 6.40. The van der Waals surface area contributed by atoms with E-state index in [9.17, 15) is 0 Å². The van der Waals surface area contributed by atoms with Crippen LogP contribution in [-0.4, -0.2) is 19.1 Å². The topological polar surface area (TPSA) is 38.0 Å². The zero-order chi connectivity index (χ0) is 14.5. The van der Waals surface area contributed by atoms with E-state index in [4.69, 9.17) is 5.73 Å². The van der Waals surface area contributed by atoms with E-state index in [0.717, 1.165) is 13.0 Å². The second-order valence-electron chi connectivity index (χ2n) is 6.40. The molecule has 1 aromatic carbocycles. The highest BCUT2D eigenvalue weighted by molar-refractivity contribution is 5.28. The summed E-state index contributed by atoms with van der Waals surface area (Å²) < 4.78 is 0. The van der Waals surface area contributed by atoms with Gasteiger partial charge < -0.3 is 11.1 Å². The van der Waals surface area contributed by atoms with Gasteiger partial charge in [0.2, 0.25) is 0 Å². The Kier molecular flexibility index (Phi) is 6.02. The molecule has 1 unspecified atom stereocenters. The molecule has 1 aromatic rings. The van der Waals surface area contributed by atoms with E-state index in [-0.39, 0.29) is 5.41 Å². The van der Waals surface area contributed by atoms with Crippen molar-refractivity contribution in [3.05, 3.63) is 35.4 Å². The van der Waals surface area contributed by atoms with Crippen molar-refractivity contribution in [1.82, 2.24) is 5.32 Å². The van der Waals surface area contributed by atoms with Crippen molar-refractivity contribution < 1.29 is 0 Å².